The second-order valence-corrected chi connectivity index (χ2v) is 10.2. The molecule has 1 N–H and O–H groups in total. The lowest BCUT2D eigenvalue weighted by Crippen LogP contribution is -2.25. The Morgan fingerprint density at radius 2 is 1.68 bits per heavy atom. The number of aliphatic imine (C=N–C) groups is 1. The topological polar surface area (TPSA) is 74.1 Å². The fourth-order valence-electron chi connectivity index (χ4n) is 4.25. The maximum atomic E-state index is 13.6. The predicted molar refractivity (Wildman–Crippen MR) is 142 cm³/mol. The molecule has 188 valence electrons. The van der Waals surface area contributed by atoms with Crippen LogP contribution in [-0.4, -0.2) is 33.0 Å². The van der Waals surface area contributed by atoms with E-state index in [0.29, 0.717) is 23.0 Å². The van der Waals surface area contributed by atoms with Crippen molar-refractivity contribution in [2.75, 3.05) is 5.32 Å². The van der Waals surface area contributed by atoms with Crippen LogP contribution >= 0.6 is 11.8 Å². The van der Waals surface area contributed by atoms with E-state index >= 15 is 0 Å². The minimum absolute atomic E-state index is 0.0347. The van der Waals surface area contributed by atoms with Crippen molar-refractivity contribution in [3.8, 4) is 0 Å². The normalized spacial score (nSPS) is 19.1. The summed E-state index contributed by atoms with van der Waals surface area (Å²) in [5.74, 6) is -1.39. The number of nitrogens with one attached hydrogen (secondary N) is 1. The minimum Gasteiger partial charge on any atom is -0.326 e. The summed E-state index contributed by atoms with van der Waals surface area (Å²) >= 11 is 1.19. The monoisotopic (exact) mass is 518 g/mol. The number of anilines is 1. The van der Waals surface area contributed by atoms with Crippen LogP contribution in [0.3, 0.4) is 0 Å². The van der Waals surface area contributed by atoms with Gasteiger partial charge in [0.1, 0.15) is 16.9 Å². The molecule has 0 unspecified atom stereocenters. The van der Waals surface area contributed by atoms with Gasteiger partial charge in [0.05, 0.1) is 11.8 Å². The van der Waals surface area contributed by atoms with Gasteiger partial charge in [-0.3, -0.25) is 9.59 Å². The summed E-state index contributed by atoms with van der Waals surface area (Å²) in [7, 11) is 0. The van der Waals surface area contributed by atoms with E-state index in [1.54, 1.807) is 29.3 Å². The molecule has 2 atom stereocenters. The van der Waals surface area contributed by atoms with Crippen LogP contribution in [0.5, 0.6) is 0 Å². The molecule has 3 aromatic rings. The molecule has 2 amide bonds. The number of amidine groups is 1. The number of aryl methyl sites for hydroxylation is 2. The molecule has 37 heavy (non-hydrogen) atoms. The van der Waals surface area contributed by atoms with Crippen LogP contribution in [0.15, 0.2) is 76.8 Å². The summed E-state index contributed by atoms with van der Waals surface area (Å²) in [5, 5.41) is 8.91. The molecule has 3 aromatic carbocycles. The lowest BCUT2D eigenvalue weighted by atomic mass is 9.98. The predicted octanol–water partition coefficient (Wildman–Crippen LogP) is 5.76. The third kappa shape index (κ3) is 5.46. The molecule has 0 fully saturated rings. The number of thioether (sulfide) groups is 1. The highest BCUT2D eigenvalue weighted by molar-refractivity contribution is 8.15. The zero-order valence-corrected chi connectivity index (χ0v) is 21.1. The maximum absolute atomic E-state index is 13.6. The molecule has 0 saturated carbocycles. The quantitative estimate of drug-likeness (QED) is 0.466. The Morgan fingerprint density at radius 1 is 1.00 bits per heavy atom. The van der Waals surface area contributed by atoms with Gasteiger partial charge in [0, 0.05) is 18.5 Å². The first kappa shape index (κ1) is 24.8. The third-order valence-corrected chi connectivity index (χ3v) is 7.57. The minimum atomic E-state index is -0.680. The molecule has 2 heterocycles. The molecule has 9 heteroatoms. The smallest absolute Gasteiger partial charge is 0.262 e. The van der Waals surface area contributed by atoms with Crippen molar-refractivity contribution in [3.63, 3.8) is 0 Å². The molecular formula is C28H24F2N4O2S. The number of rotatable bonds is 5. The van der Waals surface area contributed by atoms with Crippen molar-refractivity contribution in [1.82, 2.24) is 5.01 Å². The Hall–Kier alpha value is -3.85. The van der Waals surface area contributed by atoms with Crippen LogP contribution in [0.4, 0.5) is 14.5 Å². The molecule has 0 aromatic heterocycles. The first-order valence-corrected chi connectivity index (χ1v) is 12.7. The fourth-order valence-corrected chi connectivity index (χ4v) is 5.31. The van der Waals surface area contributed by atoms with Gasteiger partial charge in [-0.05, 0) is 72.5 Å². The van der Waals surface area contributed by atoms with Crippen LogP contribution in [0.25, 0.3) is 0 Å². The summed E-state index contributed by atoms with van der Waals surface area (Å²) in [4.78, 5) is 29.7. The Kier molecular flexibility index (Phi) is 6.88. The first-order valence-electron chi connectivity index (χ1n) is 11.8. The largest absolute Gasteiger partial charge is 0.326 e. The second kappa shape index (κ2) is 10.3. The molecule has 0 bridgehead atoms. The van der Waals surface area contributed by atoms with Gasteiger partial charge >= 0.3 is 0 Å². The lowest BCUT2D eigenvalue weighted by Gasteiger charge is -2.23. The van der Waals surface area contributed by atoms with Crippen LogP contribution < -0.4 is 5.32 Å². The number of hydrogen-bond acceptors (Lipinski definition) is 5. The van der Waals surface area contributed by atoms with Crippen molar-refractivity contribution in [2.24, 2.45) is 10.1 Å². The zero-order chi connectivity index (χ0) is 26.1. The highest BCUT2D eigenvalue weighted by Gasteiger charge is 2.39. The summed E-state index contributed by atoms with van der Waals surface area (Å²) in [5.41, 5.74) is 5.10. The van der Waals surface area contributed by atoms with Gasteiger partial charge in [0.25, 0.3) is 5.91 Å². The first-order chi connectivity index (χ1) is 17.8. The zero-order valence-electron chi connectivity index (χ0n) is 20.2. The summed E-state index contributed by atoms with van der Waals surface area (Å²) < 4.78 is 27.0. The van der Waals surface area contributed by atoms with Crippen LogP contribution in [-0.2, 0) is 9.59 Å². The van der Waals surface area contributed by atoms with Gasteiger partial charge in [-0.2, -0.15) is 10.1 Å². The average molecular weight is 519 g/mol. The van der Waals surface area contributed by atoms with Crippen LogP contribution in [0.2, 0.25) is 0 Å². The Labute approximate surface area is 217 Å². The SMILES string of the molecule is Cc1ccc(NC(=O)C[C@H]2SC(N3N=C(c4ccc(F)cc4)C[C@H]3c3ccc(F)cc3)=NC2=O)cc1C. The van der Waals surface area contributed by atoms with E-state index in [9.17, 15) is 18.4 Å². The lowest BCUT2D eigenvalue weighted by molar-refractivity contribution is -0.121. The van der Waals surface area contributed by atoms with Crippen molar-refractivity contribution >= 4 is 40.1 Å². The number of hydrogen-bond donors (Lipinski definition) is 1. The van der Waals surface area contributed by atoms with Crippen LogP contribution in [0, 0.1) is 25.5 Å². The van der Waals surface area contributed by atoms with E-state index in [0.717, 1.165) is 22.3 Å². The average Bonchev–Trinajstić information content (AvgIpc) is 3.46. The van der Waals surface area contributed by atoms with Gasteiger partial charge in [0.15, 0.2) is 5.17 Å². The molecule has 0 radical (unpaired) electrons. The number of nitrogens with zero attached hydrogens (tertiary/aromatic N) is 3. The van der Waals surface area contributed by atoms with E-state index in [4.69, 9.17) is 5.10 Å². The summed E-state index contributed by atoms with van der Waals surface area (Å²) in [6.45, 7) is 3.96. The number of carbonyl (C=O) groups excluding carboxylic acids is 2. The maximum Gasteiger partial charge on any atom is 0.262 e. The highest BCUT2D eigenvalue weighted by atomic mass is 32.2. The Bertz CT molecular complexity index is 1420. The highest BCUT2D eigenvalue weighted by Crippen LogP contribution is 2.38. The molecule has 6 nitrogen and oxygen atoms in total. The van der Waals surface area contributed by atoms with E-state index < -0.39 is 11.2 Å². The molecule has 0 saturated heterocycles. The van der Waals surface area contributed by atoms with Crippen LogP contribution in [0.1, 0.15) is 41.1 Å². The number of amides is 2. The molecular weight excluding hydrogens is 494 g/mol. The van der Waals surface area contributed by atoms with Crippen molar-refractivity contribution in [3.05, 3.63) is 101 Å². The summed E-state index contributed by atoms with van der Waals surface area (Å²) in [6.07, 6.45) is 0.427. The van der Waals surface area contributed by atoms with E-state index in [2.05, 4.69) is 10.3 Å². The Balaban J connectivity index is 1.34. The van der Waals surface area contributed by atoms with Gasteiger partial charge in [0.2, 0.25) is 5.91 Å². The second-order valence-electron chi connectivity index (χ2n) is 9.06. The van der Waals surface area contributed by atoms with Crippen molar-refractivity contribution in [2.45, 2.75) is 38.0 Å². The molecule has 0 aliphatic carbocycles. The van der Waals surface area contributed by atoms with E-state index in [1.807, 2.05) is 32.0 Å². The van der Waals surface area contributed by atoms with Gasteiger partial charge in [-0.15, -0.1) is 0 Å². The number of hydrazone groups is 1. The number of halogens is 2. The van der Waals surface area contributed by atoms with Crippen molar-refractivity contribution in [1.29, 1.82) is 0 Å². The molecule has 0 spiro atoms. The molecule has 2 aliphatic heterocycles. The molecule has 5 rings (SSSR count). The van der Waals surface area contributed by atoms with E-state index in [1.165, 1.54) is 36.0 Å². The number of carbonyl (C=O) groups is 2. The van der Waals surface area contributed by atoms with Crippen molar-refractivity contribution < 1.29 is 18.4 Å². The van der Waals surface area contributed by atoms with Gasteiger partial charge < -0.3 is 5.32 Å². The number of benzene rings is 3. The fraction of sp³-hybridized carbons (Fsp3) is 0.214. The summed E-state index contributed by atoms with van der Waals surface area (Å²) in [6, 6.07) is 17.4. The van der Waals surface area contributed by atoms with Gasteiger partial charge in [-0.1, -0.05) is 42.1 Å². The Morgan fingerprint density at radius 3 is 2.35 bits per heavy atom. The third-order valence-electron chi connectivity index (χ3n) is 6.43. The van der Waals surface area contributed by atoms with E-state index in [-0.39, 0.29) is 30.0 Å². The standard InChI is InChI=1S/C28H24F2N4O2S/c1-16-3-12-22(13-17(16)2)31-26(35)15-25-27(36)32-28(37-25)34-24(19-6-10-21(30)11-7-19)14-23(33-34)18-4-8-20(29)9-5-18/h3-13,24-25H,14-15H2,1-2H3,(H,31,35)/t24-,25+/m0/s1. The molecule has 2 aliphatic rings. The van der Waals surface area contributed by atoms with Gasteiger partial charge in [-0.25, -0.2) is 13.8 Å².